The van der Waals surface area contributed by atoms with Crippen LogP contribution in [0.15, 0.2) is 0 Å². The summed E-state index contributed by atoms with van der Waals surface area (Å²) in [5.74, 6) is -1.10. The largest absolute Gasteiger partial charge is 0.480 e. The molecule has 21 heavy (non-hydrogen) atoms. The molecule has 1 unspecified atom stereocenters. The second kappa shape index (κ2) is 5.98. The number of nitrogens with zero attached hydrogens (tertiary/aromatic N) is 2. The predicted octanol–water partition coefficient (Wildman–Crippen LogP) is 1.05. The van der Waals surface area contributed by atoms with E-state index in [0.29, 0.717) is 0 Å². The van der Waals surface area contributed by atoms with Crippen molar-refractivity contribution >= 4 is 23.3 Å². The van der Waals surface area contributed by atoms with Crippen molar-refractivity contribution in [2.45, 2.75) is 45.4 Å². The molecule has 2 amide bonds. The standard InChI is InChI=1S/C13H19N3O4S/c1-6-11(21-8(3)14-6)7(2)15-13(20)16-5-9(17)4-10(16)12(18)19/h7,9-10,17H,4-5H2,1-3H3,(H,15,20)(H,18,19)/t7?,9-,10+/m1/s1. The van der Waals surface area contributed by atoms with E-state index in [1.54, 1.807) is 0 Å². The Morgan fingerprint density at radius 1 is 1.48 bits per heavy atom. The maximum atomic E-state index is 12.2. The number of carboxylic acids is 1. The summed E-state index contributed by atoms with van der Waals surface area (Å²) in [6.07, 6.45) is -0.727. The van der Waals surface area contributed by atoms with Crippen molar-refractivity contribution in [3.63, 3.8) is 0 Å². The van der Waals surface area contributed by atoms with Gasteiger partial charge in [-0.15, -0.1) is 11.3 Å². The number of carbonyl (C=O) groups excluding carboxylic acids is 1. The topological polar surface area (TPSA) is 103 Å². The number of aliphatic carboxylic acids is 1. The van der Waals surface area contributed by atoms with E-state index in [0.717, 1.165) is 15.6 Å². The SMILES string of the molecule is Cc1nc(C)c(C(C)NC(=O)N2C[C@H](O)C[C@H]2C(=O)O)s1. The third-order valence-corrected chi connectivity index (χ3v) is 4.75. The van der Waals surface area contributed by atoms with Crippen LogP contribution in [0, 0.1) is 13.8 Å². The number of β-amino-alcohol motifs (C(OH)–C–C–N with tert-alkyl or cyclic N) is 1. The van der Waals surface area contributed by atoms with Gasteiger partial charge in [-0.05, 0) is 20.8 Å². The van der Waals surface area contributed by atoms with Gasteiger partial charge in [-0.1, -0.05) is 0 Å². The highest BCUT2D eigenvalue weighted by Gasteiger charge is 2.39. The molecule has 3 atom stereocenters. The van der Waals surface area contributed by atoms with Crippen LogP contribution in [-0.2, 0) is 4.79 Å². The number of likely N-dealkylation sites (tertiary alicyclic amines) is 1. The van der Waals surface area contributed by atoms with E-state index < -0.39 is 24.1 Å². The van der Waals surface area contributed by atoms with Gasteiger partial charge in [0.15, 0.2) is 0 Å². The van der Waals surface area contributed by atoms with Crippen LogP contribution in [0.25, 0.3) is 0 Å². The van der Waals surface area contributed by atoms with Crippen LogP contribution in [0.5, 0.6) is 0 Å². The van der Waals surface area contributed by atoms with Crippen molar-refractivity contribution in [2.24, 2.45) is 0 Å². The van der Waals surface area contributed by atoms with Crippen LogP contribution < -0.4 is 5.32 Å². The molecule has 1 aromatic rings. The van der Waals surface area contributed by atoms with Gasteiger partial charge in [-0.25, -0.2) is 14.6 Å². The van der Waals surface area contributed by atoms with E-state index in [1.165, 1.54) is 16.2 Å². The van der Waals surface area contributed by atoms with E-state index in [4.69, 9.17) is 5.11 Å². The summed E-state index contributed by atoms with van der Waals surface area (Å²) < 4.78 is 0. The first kappa shape index (κ1) is 15.7. The molecule has 1 saturated heterocycles. The number of urea groups is 1. The Balaban J connectivity index is 2.07. The van der Waals surface area contributed by atoms with Crippen molar-refractivity contribution in [2.75, 3.05) is 6.54 Å². The Kier molecular flexibility index (Phi) is 4.48. The minimum atomic E-state index is -1.10. The number of carbonyl (C=O) groups is 2. The number of aromatic nitrogens is 1. The zero-order valence-corrected chi connectivity index (χ0v) is 13.0. The van der Waals surface area contributed by atoms with E-state index in [9.17, 15) is 14.7 Å². The van der Waals surface area contributed by atoms with Gasteiger partial charge in [-0.2, -0.15) is 0 Å². The Bertz CT molecular complexity index is 560. The van der Waals surface area contributed by atoms with Crippen molar-refractivity contribution in [1.82, 2.24) is 15.2 Å². The summed E-state index contributed by atoms with van der Waals surface area (Å²) in [6, 6.07) is -1.70. The summed E-state index contributed by atoms with van der Waals surface area (Å²) in [4.78, 5) is 29.8. The van der Waals surface area contributed by atoms with Gasteiger partial charge >= 0.3 is 12.0 Å². The molecule has 1 aliphatic heterocycles. The number of rotatable bonds is 3. The van der Waals surface area contributed by atoms with Crippen LogP contribution in [0.4, 0.5) is 4.79 Å². The molecule has 0 aliphatic carbocycles. The third-order valence-electron chi connectivity index (χ3n) is 3.50. The van der Waals surface area contributed by atoms with Gasteiger partial charge < -0.3 is 20.4 Å². The fourth-order valence-electron chi connectivity index (χ4n) is 2.55. The second-order valence-corrected chi connectivity index (χ2v) is 6.48. The lowest BCUT2D eigenvalue weighted by Crippen LogP contribution is -2.46. The van der Waals surface area contributed by atoms with Crippen LogP contribution in [0.3, 0.4) is 0 Å². The molecule has 2 heterocycles. The second-order valence-electron chi connectivity index (χ2n) is 5.25. The highest BCUT2D eigenvalue weighted by atomic mass is 32.1. The van der Waals surface area contributed by atoms with Crippen LogP contribution in [0.2, 0.25) is 0 Å². The summed E-state index contributed by atoms with van der Waals surface area (Å²) in [5, 5.41) is 22.4. The number of amides is 2. The first-order valence-corrected chi connectivity index (χ1v) is 7.53. The van der Waals surface area contributed by atoms with Crippen molar-refractivity contribution < 1.29 is 19.8 Å². The molecule has 1 aliphatic rings. The number of aryl methyl sites for hydroxylation is 2. The van der Waals surface area contributed by atoms with Gasteiger partial charge in [0.1, 0.15) is 6.04 Å². The number of hydrogen-bond acceptors (Lipinski definition) is 5. The average molecular weight is 313 g/mol. The molecular formula is C13H19N3O4S. The highest BCUT2D eigenvalue weighted by Crippen LogP contribution is 2.25. The Morgan fingerprint density at radius 2 is 2.14 bits per heavy atom. The quantitative estimate of drug-likeness (QED) is 0.774. The number of nitrogens with one attached hydrogen (secondary N) is 1. The zero-order chi connectivity index (χ0) is 15.7. The predicted molar refractivity (Wildman–Crippen MR) is 77.3 cm³/mol. The molecule has 0 radical (unpaired) electrons. The first-order chi connectivity index (χ1) is 9.79. The summed E-state index contributed by atoms with van der Waals surface area (Å²) in [7, 11) is 0. The van der Waals surface area contributed by atoms with Gasteiger partial charge in [0.05, 0.1) is 22.8 Å². The molecule has 0 saturated carbocycles. The van der Waals surface area contributed by atoms with Gasteiger partial charge in [0.25, 0.3) is 0 Å². The van der Waals surface area contributed by atoms with E-state index in [-0.39, 0.29) is 19.0 Å². The molecule has 8 heteroatoms. The lowest BCUT2D eigenvalue weighted by atomic mass is 10.2. The van der Waals surface area contributed by atoms with Crippen molar-refractivity contribution in [3.8, 4) is 0 Å². The molecule has 1 fully saturated rings. The molecule has 3 N–H and O–H groups in total. The minimum absolute atomic E-state index is 0.0379. The lowest BCUT2D eigenvalue weighted by Gasteiger charge is -2.24. The molecule has 0 bridgehead atoms. The normalized spacial score (nSPS) is 23.1. The number of hydrogen-bond donors (Lipinski definition) is 3. The first-order valence-electron chi connectivity index (χ1n) is 6.71. The van der Waals surface area contributed by atoms with E-state index in [1.807, 2.05) is 20.8 Å². The van der Waals surface area contributed by atoms with Gasteiger partial charge in [0, 0.05) is 17.8 Å². The Hall–Kier alpha value is -1.67. The van der Waals surface area contributed by atoms with Gasteiger partial charge in [-0.3, -0.25) is 0 Å². The average Bonchev–Trinajstić information content (AvgIpc) is 2.92. The highest BCUT2D eigenvalue weighted by molar-refractivity contribution is 7.11. The molecule has 1 aromatic heterocycles. The lowest BCUT2D eigenvalue weighted by molar-refractivity contribution is -0.141. The maximum absolute atomic E-state index is 12.2. The minimum Gasteiger partial charge on any atom is -0.480 e. The smallest absolute Gasteiger partial charge is 0.326 e. The zero-order valence-electron chi connectivity index (χ0n) is 12.2. The fraction of sp³-hybridized carbons (Fsp3) is 0.615. The molecule has 116 valence electrons. The summed E-state index contributed by atoms with van der Waals surface area (Å²) in [5.41, 5.74) is 0.863. The van der Waals surface area contributed by atoms with Crippen LogP contribution in [0.1, 0.15) is 35.0 Å². The number of thiazole rings is 1. The van der Waals surface area contributed by atoms with Crippen LogP contribution in [-0.4, -0.2) is 50.8 Å². The van der Waals surface area contributed by atoms with E-state index >= 15 is 0 Å². The van der Waals surface area contributed by atoms with E-state index in [2.05, 4.69) is 10.3 Å². The monoisotopic (exact) mass is 313 g/mol. The Labute approximate surface area is 126 Å². The van der Waals surface area contributed by atoms with Crippen LogP contribution >= 0.6 is 11.3 Å². The number of carboxylic acid groups (broad SMARTS) is 1. The fourth-order valence-corrected chi connectivity index (χ4v) is 3.48. The third kappa shape index (κ3) is 3.33. The molecule has 7 nitrogen and oxygen atoms in total. The van der Waals surface area contributed by atoms with Crippen molar-refractivity contribution in [1.29, 1.82) is 0 Å². The molecule has 0 aromatic carbocycles. The maximum Gasteiger partial charge on any atom is 0.326 e. The van der Waals surface area contributed by atoms with Crippen molar-refractivity contribution in [3.05, 3.63) is 15.6 Å². The molecular weight excluding hydrogens is 294 g/mol. The molecule has 0 spiro atoms. The summed E-state index contributed by atoms with van der Waals surface area (Å²) in [6.45, 7) is 5.64. The number of aliphatic hydroxyl groups is 1. The molecule has 2 rings (SSSR count). The Morgan fingerprint density at radius 3 is 2.67 bits per heavy atom. The summed E-state index contributed by atoms with van der Waals surface area (Å²) >= 11 is 1.50. The number of aliphatic hydroxyl groups excluding tert-OH is 1. The van der Waals surface area contributed by atoms with Gasteiger partial charge in [0.2, 0.25) is 0 Å².